The molecule has 3 aromatic carbocycles. The molecule has 1 saturated heterocycles. The van der Waals surface area contributed by atoms with Crippen molar-refractivity contribution < 1.29 is 18.7 Å². The normalized spacial score (nSPS) is 15.6. The molecule has 1 atom stereocenters. The number of aryl methyl sites for hydroxylation is 1. The van der Waals surface area contributed by atoms with Crippen molar-refractivity contribution in [2.75, 3.05) is 25.2 Å². The molecule has 4 aromatic rings. The fourth-order valence-electron chi connectivity index (χ4n) is 5.07. The molecule has 0 spiro atoms. The minimum Gasteiger partial charge on any atom is -0.493 e. The van der Waals surface area contributed by atoms with Crippen LogP contribution in [0.4, 0.5) is 10.1 Å². The maximum Gasteiger partial charge on any atom is 0.227 e. The third-order valence-corrected chi connectivity index (χ3v) is 6.87. The number of carbonyl (C=O) groups excluding carboxylic acids is 1. The maximum atomic E-state index is 13.8. The van der Waals surface area contributed by atoms with Crippen LogP contribution < -0.4 is 14.4 Å². The fourth-order valence-corrected chi connectivity index (χ4v) is 5.07. The molecule has 2 heterocycles. The van der Waals surface area contributed by atoms with E-state index in [0.29, 0.717) is 25.3 Å². The summed E-state index contributed by atoms with van der Waals surface area (Å²) in [7, 11) is 1.65. The first-order chi connectivity index (χ1) is 18.6. The summed E-state index contributed by atoms with van der Waals surface area (Å²) in [4.78, 5) is 19.5. The smallest absolute Gasteiger partial charge is 0.227 e. The topological polar surface area (TPSA) is 56.6 Å². The maximum absolute atomic E-state index is 13.8. The standard InChI is InChI=1S/C31H32FN3O3/c1-3-9-22-14-15-28(29(18-22)37-2)38-17-7-6-16-34-27-13-5-4-12-26(27)33-31(34)23-19-30(36)35(21-23)25-11-8-10-24(32)20-25/h3-5,8-15,18,20,23H,6-7,16-17,19,21H2,1-2H3/b9-3+. The molecule has 1 amide bonds. The van der Waals surface area contributed by atoms with Crippen LogP contribution in [0, 0.1) is 5.82 Å². The number of ether oxygens (including phenoxy) is 2. The number of hydrogen-bond acceptors (Lipinski definition) is 4. The summed E-state index contributed by atoms with van der Waals surface area (Å²) in [5, 5.41) is 0. The number of fused-ring (bicyclic) bond motifs is 1. The van der Waals surface area contributed by atoms with Gasteiger partial charge in [0, 0.05) is 31.1 Å². The largest absolute Gasteiger partial charge is 0.493 e. The van der Waals surface area contributed by atoms with E-state index in [0.717, 1.165) is 53.3 Å². The van der Waals surface area contributed by atoms with Gasteiger partial charge in [-0.1, -0.05) is 36.4 Å². The van der Waals surface area contributed by atoms with E-state index < -0.39 is 0 Å². The van der Waals surface area contributed by atoms with E-state index in [1.807, 2.05) is 55.5 Å². The Morgan fingerprint density at radius 3 is 2.74 bits per heavy atom. The summed E-state index contributed by atoms with van der Waals surface area (Å²) >= 11 is 0. The van der Waals surface area contributed by atoms with Crippen LogP contribution in [0.25, 0.3) is 17.1 Å². The Morgan fingerprint density at radius 1 is 1.05 bits per heavy atom. The minimum absolute atomic E-state index is 0.0120. The van der Waals surface area contributed by atoms with Gasteiger partial charge in [-0.15, -0.1) is 0 Å². The van der Waals surface area contributed by atoms with Gasteiger partial charge < -0.3 is 18.9 Å². The molecule has 0 saturated carbocycles. The number of rotatable bonds is 10. The number of unbranched alkanes of at least 4 members (excludes halogenated alkanes) is 1. The molecule has 38 heavy (non-hydrogen) atoms. The third-order valence-electron chi connectivity index (χ3n) is 6.87. The second kappa shape index (κ2) is 11.5. The van der Waals surface area contributed by atoms with Crippen LogP contribution in [-0.2, 0) is 11.3 Å². The van der Waals surface area contributed by atoms with E-state index in [-0.39, 0.29) is 17.6 Å². The van der Waals surface area contributed by atoms with Gasteiger partial charge in [0.25, 0.3) is 0 Å². The highest BCUT2D eigenvalue weighted by molar-refractivity contribution is 5.96. The lowest BCUT2D eigenvalue weighted by atomic mass is 10.1. The number of anilines is 1. The number of hydrogen-bond donors (Lipinski definition) is 0. The molecule has 1 fully saturated rings. The molecular formula is C31H32FN3O3. The van der Waals surface area contributed by atoms with Crippen LogP contribution >= 0.6 is 0 Å². The van der Waals surface area contributed by atoms with E-state index in [1.165, 1.54) is 12.1 Å². The van der Waals surface area contributed by atoms with Gasteiger partial charge in [0.15, 0.2) is 11.5 Å². The number of nitrogens with zero attached hydrogens (tertiary/aromatic N) is 3. The molecule has 0 aliphatic carbocycles. The number of allylic oxidation sites excluding steroid dienone is 1. The van der Waals surface area contributed by atoms with E-state index in [9.17, 15) is 9.18 Å². The molecule has 1 aliphatic heterocycles. The molecule has 1 aromatic heterocycles. The van der Waals surface area contributed by atoms with Crippen molar-refractivity contribution in [2.45, 2.75) is 38.6 Å². The molecule has 5 rings (SSSR count). The Labute approximate surface area is 222 Å². The Kier molecular flexibility index (Phi) is 7.73. The first-order valence-electron chi connectivity index (χ1n) is 13.0. The van der Waals surface area contributed by atoms with Crippen LogP contribution in [0.2, 0.25) is 0 Å². The van der Waals surface area contributed by atoms with E-state index in [2.05, 4.69) is 10.6 Å². The average molecular weight is 514 g/mol. The summed E-state index contributed by atoms with van der Waals surface area (Å²) in [5.41, 5.74) is 3.63. The molecule has 1 unspecified atom stereocenters. The first-order valence-corrected chi connectivity index (χ1v) is 13.0. The van der Waals surface area contributed by atoms with Gasteiger partial charge in [0.1, 0.15) is 11.6 Å². The zero-order valence-corrected chi connectivity index (χ0v) is 21.8. The number of halogens is 1. The summed E-state index contributed by atoms with van der Waals surface area (Å²) < 4.78 is 27.6. The van der Waals surface area contributed by atoms with E-state index >= 15 is 0 Å². The van der Waals surface area contributed by atoms with Crippen LogP contribution in [0.1, 0.15) is 43.5 Å². The monoisotopic (exact) mass is 513 g/mol. The predicted octanol–water partition coefficient (Wildman–Crippen LogP) is 6.60. The van der Waals surface area contributed by atoms with Gasteiger partial charge in [-0.05, 0) is 67.8 Å². The summed E-state index contributed by atoms with van der Waals surface area (Å²) in [6.07, 6.45) is 6.11. The predicted molar refractivity (Wildman–Crippen MR) is 148 cm³/mol. The van der Waals surface area contributed by atoms with Gasteiger partial charge in [0.2, 0.25) is 5.91 Å². The number of aromatic nitrogens is 2. The molecule has 196 valence electrons. The Morgan fingerprint density at radius 2 is 1.92 bits per heavy atom. The van der Waals surface area contributed by atoms with Crippen LogP contribution in [0.15, 0.2) is 72.8 Å². The van der Waals surface area contributed by atoms with Crippen molar-refractivity contribution in [2.24, 2.45) is 0 Å². The summed E-state index contributed by atoms with van der Waals surface area (Å²) in [6.45, 7) is 3.80. The lowest BCUT2D eigenvalue weighted by Gasteiger charge is -2.17. The number of amides is 1. The second-order valence-corrected chi connectivity index (χ2v) is 9.46. The SMILES string of the molecule is C/C=C/c1ccc(OCCCCn2c(C3CC(=O)N(c4cccc(F)c4)C3)nc3ccccc32)c(OC)c1. The molecule has 0 N–H and O–H groups in total. The van der Waals surface area contributed by atoms with Crippen LogP contribution in [0.3, 0.4) is 0 Å². The highest BCUT2D eigenvalue weighted by Gasteiger charge is 2.34. The number of carbonyl (C=O) groups is 1. The lowest BCUT2D eigenvalue weighted by Crippen LogP contribution is -2.24. The van der Waals surface area contributed by atoms with Gasteiger partial charge in [-0.3, -0.25) is 4.79 Å². The molecular weight excluding hydrogens is 481 g/mol. The number of para-hydroxylation sites is 2. The minimum atomic E-state index is -0.348. The van der Waals surface area contributed by atoms with E-state index in [1.54, 1.807) is 24.1 Å². The number of benzene rings is 3. The third kappa shape index (κ3) is 5.42. The molecule has 7 heteroatoms. The van der Waals surface area contributed by atoms with Crippen molar-refractivity contribution in [3.8, 4) is 11.5 Å². The molecule has 0 bridgehead atoms. The second-order valence-electron chi connectivity index (χ2n) is 9.46. The van der Waals surface area contributed by atoms with Crippen molar-refractivity contribution >= 4 is 28.7 Å². The Bertz CT molecular complexity index is 1460. The van der Waals surface area contributed by atoms with Gasteiger partial charge in [-0.2, -0.15) is 0 Å². The summed E-state index contributed by atoms with van der Waals surface area (Å²) in [5.74, 6) is 1.94. The molecule has 1 aliphatic rings. The Hall–Kier alpha value is -4.13. The van der Waals surface area contributed by atoms with Crippen molar-refractivity contribution in [3.63, 3.8) is 0 Å². The zero-order valence-electron chi connectivity index (χ0n) is 21.8. The van der Waals surface area contributed by atoms with Gasteiger partial charge >= 0.3 is 0 Å². The zero-order chi connectivity index (χ0) is 26.5. The molecule has 0 radical (unpaired) electrons. The lowest BCUT2D eigenvalue weighted by molar-refractivity contribution is -0.117. The summed E-state index contributed by atoms with van der Waals surface area (Å²) in [6, 6.07) is 20.2. The van der Waals surface area contributed by atoms with Gasteiger partial charge in [-0.25, -0.2) is 9.37 Å². The van der Waals surface area contributed by atoms with Crippen molar-refractivity contribution in [1.82, 2.24) is 9.55 Å². The fraction of sp³-hybridized carbons (Fsp3) is 0.290. The van der Waals surface area contributed by atoms with Gasteiger partial charge in [0.05, 0.1) is 24.8 Å². The number of methoxy groups -OCH3 is 1. The number of imidazole rings is 1. The first kappa shape index (κ1) is 25.5. The van der Waals surface area contributed by atoms with Crippen LogP contribution in [0.5, 0.6) is 11.5 Å². The average Bonchev–Trinajstić information content (AvgIpc) is 3.49. The van der Waals surface area contributed by atoms with Crippen molar-refractivity contribution in [1.29, 1.82) is 0 Å². The quantitative estimate of drug-likeness (QED) is 0.224. The highest BCUT2D eigenvalue weighted by Crippen LogP contribution is 2.34. The highest BCUT2D eigenvalue weighted by atomic mass is 19.1. The van der Waals surface area contributed by atoms with Crippen molar-refractivity contribution in [3.05, 3.63) is 90.0 Å². The molecule has 6 nitrogen and oxygen atoms in total. The van der Waals surface area contributed by atoms with E-state index in [4.69, 9.17) is 14.5 Å². The van der Waals surface area contributed by atoms with Crippen LogP contribution in [-0.4, -0.2) is 35.7 Å². The Balaban J connectivity index is 1.27.